The molecule has 3 atom stereocenters. The molecule has 5 rings (SSSR count). The van der Waals surface area contributed by atoms with Crippen LogP contribution in [-0.4, -0.2) is 0 Å². The Morgan fingerprint density at radius 1 is 1.08 bits per heavy atom. The Bertz CT molecular complexity index is 812. The van der Waals surface area contributed by atoms with Crippen molar-refractivity contribution in [2.45, 2.75) is 63.7 Å². The van der Waals surface area contributed by atoms with Crippen molar-refractivity contribution >= 4 is 10.8 Å². The summed E-state index contributed by atoms with van der Waals surface area (Å²) in [7, 11) is 0. The Morgan fingerprint density at radius 3 is 2.83 bits per heavy atom. The van der Waals surface area contributed by atoms with E-state index in [-0.39, 0.29) is 0 Å². The molecular weight excluding hydrogens is 288 g/mol. The number of unbranched alkanes of at least 4 members (excludes halogenated alkanes) is 1. The van der Waals surface area contributed by atoms with E-state index in [2.05, 4.69) is 49.4 Å². The average molecular weight is 316 g/mol. The molecule has 0 saturated heterocycles. The van der Waals surface area contributed by atoms with Crippen LogP contribution in [0.4, 0.5) is 0 Å². The van der Waals surface area contributed by atoms with Crippen LogP contribution >= 0.6 is 0 Å². The predicted molar refractivity (Wildman–Crippen MR) is 103 cm³/mol. The molecular formula is C24H28. The third-order valence-electron chi connectivity index (χ3n) is 7.06. The molecule has 1 spiro atoms. The van der Waals surface area contributed by atoms with Crippen LogP contribution in [0.2, 0.25) is 0 Å². The second-order valence-electron chi connectivity index (χ2n) is 8.50. The summed E-state index contributed by atoms with van der Waals surface area (Å²) in [5.74, 6) is 1.66. The lowest BCUT2D eigenvalue weighted by molar-refractivity contribution is 0.304. The van der Waals surface area contributed by atoms with Crippen LogP contribution in [-0.2, 0) is 18.3 Å². The van der Waals surface area contributed by atoms with Crippen LogP contribution in [0.25, 0.3) is 10.8 Å². The Morgan fingerprint density at radius 2 is 2.04 bits per heavy atom. The van der Waals surface area contributed by atoms with Gasteiger partial charge in [-0.25, -0.2) is 0 Å². The van der Waals surface area contributed by atoms with Crippen molar-refractivity contribution in [3.8, 4) is 0 Å². The molecule has 124 valence electrons. The van der Waals surface area contributed by atoms with E-state index in [1.54, 1.807) is 11.1 Å². The third-order valence-corrected chi connectivity index (χ3v) is 7.06. The maximum Gasteiger partial charge on any atom is 0.00246 e. The molecule has 24 heavy (non-hydrogen) atoms. The molecule has 0 nitrogen and oxygen atoms in total. The summed E-state index contributed by atoms with van der Waals surface area (Å²) < 4.78 is 0. The fourth-order valence-corrected chi connectivity index (χ4v) is 5.88. The minimum atomic E-state index is 0.473. The van der Waals surface area contributed by atoms with E-state index in [0.717, 1.165) is 11.8 Å². The highest BCUT2D eigenvalue weighted by Gasteiger charge is 2.50. The molecule has 2 aromatic carbocycles. The molecule has 3 aliphatic rings. The molecule has 1 fully saturated rings. The summed E-state index contributed by atoms with van der Waals surface area (Å²) in [6.07, 6.45) is 15.7. The second kappa shape index (κ2) is 5.48. The van der Waals surface area contributed by atoms with E-state index in [0.29, 0.717) is 5.41 Å². The van der Waals surface area contributed by atoms with Crippen LogP contribution < -0.4 is 0 Å². The van der Waals surface area contributed by atoms with Gasteiger partial charge in [-0.2, -0.15) is 0 Å². The first-order valence-electron chi connectivity index (χ1n) is 10.0. The van der Waals surface area contributed by atoms with Crippen molar-refractivity contribution in [1.82, 2.24) is 0 Å². The van der Waals surface area contributed by atoms with Crippen LogP contribution in [0.5, 0.6) is 0 Å². The fourth-order valence-electron chi connectivity index (χ4n) is 5.88. The van der Waals surface area contributed by atoms with Gasteiger partial charge in [-0.1, -0.05) is 55.8 Å². The maximum absolute atomic E-state index is 2.59. The predicted octanol–water partition coefficient (Wildman–Crippen LogP) is 6.35. The Hall–Kier alpha value is -1.56. The topological polar surface area (TPSA) is 0 Å². The second-order valence-corrected chi connectivity index (χ2v) is 8.50. The van der Waals surface area contributed by atoms with E-state index in [1.165, 1.54) is 67.7 Å². The molecule has 3 unspecified atom stereocenters. The van der Waals surface area contributed by atoms with Gasteiger partial charge in [0.25, 0.3) is 0 Å². The molecule has 2 aromatic rings. The average Bonchev–Trinajstić information content (AvgIpc) is 3.20. The van der Waals surface area contributed by atoms with Crippen LogP contribution in [0.1, 0.15) is 62.1 Å². The van der Waals surface area contributed by atoms with E-state index >= 15 is 0 Å². The first kappa shape index (κ1) is 14.8. The Balaban J connectivity index is 1.62. The maximum atomic E-state index is 2.59. The molecule has 3 aliphatic carbocycles. The minimum absolute atomic E-state index is 0.473. The number of aryl methyl sites for hydroxylation is 2. The lowest BCUT2D eigenvalue weighted by Gasteiger charge is -2.41. The van der Waals surface area contributed by atoms with Gasteiger partial charge in [0.1, 0.15) is 0 Å². The summed E-state index contributed by atoms with van der Waals surface area (Å²) in [5.41, 5.74) is 5.35. The third kappa shape index (κ3) is 2.11. The van der Waals surface area contributed by atoms with Crippen LogP contribution in [0.3, 0.4) is 0 Å². The van der Waals surface area contributed by atoms with Crippen LogP contribution in [0.15, 0.2) is 42.5 Å². The Labute approximate surface area is 146 Å². The molecule has 0 N–H and O–H groups in total. The van der Waals surface area contributed by atoms with Gasteiger partial charge >= 0.3 is 0 Å². The van der Waals surface area contributed by atoms with Gasteiger partial charge in [0.2, 0.25) is 0 Å². The quantitative estimate of drug-likeness (QED) is 0.579. The highest BCUT2D eigenvalue weighted by molar-refractivity contribution is 5.85. The van der Waals surface area contributed by atoms with Gasteiger partial charge in [0.15, 0.2) is 0 Å². The lowest BCUT2D eigenvalue weighted by atomic mass is 9.63. The largest absolute Gasteiger partial charge is 0.0851 e. The summed E-state index contributed by atoms with van der Waals surface area (Å²) in [6, 6.07) is 12.3. The zero-order valence-electron chi connectivity index (χ0n) is 14.9. The highest BCUT2D eigenvalue weighted by Crippen LogP contribution is 2.58. The highest BCUT2D eigenvalue weighted by atomic mass is 14.5. The fraction of sp³-hybridized carbons (Fsp3) is 0.500. The standard InChI is InChI=1S/C24H28/c1-2-3-5-17-7-9-19-14-20-6-4-11-24(23(20)15-21(19)12-17)16-18-8-10-22(24)13-18/h7-10,12,14-15,18,22H,2-6,11,13,16H2,1H3. The van der Waals surface area contributed by atoms with E-state index in [1.807, 2.05) is 0 Å². The van der Waals surface area contributed by atoms with Crippen molar-refractivity contribution in [1.29, 1.82) is 0 Å². The van der Waals surface area contributed by atoms with E-state index in [4.69, 9.17) is 0 Å². The van der Waals surface area contributed by atoms with Crippen molar-refractivity contribution in [3.05, 3.63) is 59.2 Å². The number of allylic oxidation sites excluding steroid dienone is 2. The van der Waals surface area contributed by atoms with E-state index < -0.39 is 0 Å². The smallest absolute Gasteiger partial charge is 0.00246 e. The molecule has 0 amide bonds. The molecule has 2 bridgehead atoms. The summed E-state index contributed by atoms with van der Waals surface area (Å²) in [5, 5.41) is 2.93. The zero-order chi connectivity index (χ0) is 16.1. The first-order valence-corrected chi connectivity index (χ1v) is 10.0. The van der Waals surface area contributed by atoms with Gasteiger partial charge in [0.05, 0.1) is 0 Å². The Kier molecular flexibility index (Phi) is 3.37. The van der Waals surface area contributed by atoms with Crippen molar-refractivity contribution < 1.29 is 0 Å². The number of hydrogen-bond acceptors (Lipinski definition) is 0. The van der Waals surface area contributed by atoms with Crippen molar-refractivity contribution in [2.24, 2.45) is 11.8 Å². The molecule has 0 heterocycles. The molecule has 0 aromatic heterocycles. The SMILES string of the molecule is CCCCc1ccc2cc3c(cc2c1)C1(CCC3)CC2C=CC1C2. The normalized spacial score (nSPS) is 30.4. The summed E-state index contributed by atoms with van der Waals surface area (Å²) in [4.78, 5) is 0. The number of hydrogen-bond donors (Lipinski definition) is 0. The van der Waals surface area contributed by atoms with Gasteiger partial charge in [-0.15, -0.1) is 0 Å². The molecule has 0 aliphatic heterocycles. The number of benzene rings is 2. The van der Waals surface area contributed by atoms with Crippen LogP contribution in [0, 0.1) is 11.8 Å². The van der Waals surface area contributed by atoms with Crippen molar-refractivity contribution in [2.75, 3.05) is 0 Å². The van der Waals surface area contributed by atoms with Gasteiger partial charge in [0, 0.05) is 5.41 Å². The zero-order valence-corrected chi connectivity index (χ0v) is 14.9. The molecule has 1 saturated carbocycles. The molecule has 0 heteroatoms. The molecule has 0 radical (unpaired) electrons. The van der Waals surface area contributed by atoms with Gasteiger partial charge in [-0.3, -0.25) is 0 Å². The summed E-state index contributed by atoms with van der Waals surface area (Å²) in [6.45, 7) is 2.28. The number of rotatable bonds is 3. The van der Waals surface area contributed by atoms with Crippen molar-refractivity contribution in [3.63, 3.8) is 0 Å². The van der Waals surface area contributed by atoms with Gasteiger partial charge < -0.3 is 0 Å². The van der Waals surface area contributed by atoms with E-state index in [9.17, 15) is 0 Å². The monoisotopic (exact) mass is 316 g/mol. The van der Waals surface area contributed by atoms with Gasteiger partial charge in [-0.05, 0) is 84.2 Å². The lowest BCUT2D eigenvalue weighted by Crippen LogP contribution is -2.35. The summed E-state index contributed by atoms with van der Waals surface area (Å²) >= 11 is 0. The minimum Gasteiger partial charge on any atom is -0.0851 e. The number of fused-ring (bicyclic) bond motifs is 6. The first-order chi connectivity index (χ1) is 11.8.